The number of rotatable bonds is 3. The minimum Gasteiger partial charge on any atom is -0.349 e. The average molecular weight is 467 g/mol. The molecule has 30 heavy (non-hydrogen) atoms. The molecule has 5 rings (SSSR count). The van der Waals surface area contributed by atoms with Gasteiger partial charge in [0.15, 0.2) is 0 Å². The van der Waals surface area contributed by atoms with E-state index < -0.39 is 0 Å². The Bertz CT molecular complexity index is 1080. The minimum absolute atomic E-state index is 0.0151. The highest BCUT2D eigenvalue weighted by Crippen LogP contribution is 2.55. The van der Waals surface area contributed by atoms with Gasteiger partial charge < -0.3 is 5.32 Å². The molecule has 2 fully saturated rings. The van der Waals surface area contributed by atoms with Crippen molar-refractivity contribution in [1.82, 2.24) is 10.3 Å². The summed E-state index contributed by atoms with van der Waals surface area (Å²) in [4.78, 5) is 16.8. The second kappa shape index (κ2) is 7.77. The predicted octanol–water partition coefficient (Wildman–Crippen LogP) is 6.37. The molecule has 1 N–H and O–H groups in total. The molecule has 1 aromatic heterocycles. The molecule has 3 nitrogen and oxygen atoms in total. The summed E-state index contributed by atoms with van der Waals surface area (Å²) in [6.07, 6.45) is 8.54. The highest BCUT2D eigenvalue weighted by molar-refractivity contribution is 9.10. The molecule has 2 aliphatic rings. The van der Waals surface area contributed by atoms with Crippen LogP contribution >= 0.6 is 15.9 Å². The van der Waals surface area contributed by atoms with Gasteiger partial charge in [-0.3, -0.25) is 9.78 Å². The van der Waals surface area contributed by atoms with Crippen LogP contribution in [0.4, 0.5) is 4.39 Å². The molecule has 154 valence electrons. The molecule has 1 spiro atoms. The van der Waals surface area contributed by atoms with Crippen LogP contribution in [-0.4, -0.2) is 16.9 Å². The van der Waals surface area contributed by atoms with Crippen LogP contribution in [0.1, 0.15) is 60.4 Å². The number of nitrogens with one attached hydrogen (secondary N) is 1. The molecule has 5 heteroatoms. The first-order chi connectivity index (χ1) is 14.5. The maximum atomic E-state index is 13.8. The third-order valence-electron chi connectivity index (χ3n) is 7.02. The van der Waals surface area contributed by atoms with Crippen LogP contribution in [0.2, 0.25) is 0 Å². The maximum absolute atomic E-state index is 13.8. The number of carbonyl (C=O) groups excluding carboxylic acids is 1. The number of amides is 1. The molecule has 1 heterocycles. The summed E-state index contributed by atoms with van der Waals surface area (Å²) in [5.41, 5.74) is 3.17. The molecular weight excluding hydrogens is 443 g/mol. The molecule has 2 aromatic carbocycles. The van der Waals surface area contributed by atoms with Gasteiger partial charge in [0.2, 0.25) is 0 Å². The largest absolute Gasteiger partial charge is 0.349 e. The fraction of sp³-hybridized carbons (Fsp3) is 0.360. The Hall–Kier alpha value is -2.27. The number of nitrogens with zero attached hydrogens (tertiary/aromatic N) is 1. The van der Waals surface area contributed by atoms with Crippen molar-refractivity contribution in [2.45, 2.75) is 50.5 Å². The van der Waals surface area contributed by atoms with Gasteiger partial charge in [-0.05, 0) is 104 Å². The van der Waals surface area contributed by atoms with Crippen molar-refractivity contribution in [3.63, 3.8) is 0 Å². The average Bonchev–Trinajstić information content (AvgIpc) is 2.73. The van der Waals surface area contributed by atoms with Crippen molar-refractivity contribution in [2.24, 2.45) is 5.41 Å². The lowest BCUT2D eigenvalue weighted by Gasteiger charge is -2.52. The quantitative estimate of drug-likeness (QED) is 0.486. The third-order valence-corrected chi connectivity index (χ3v) is 7.55. The molecule has 0 bridgehead atoms. The zero-order valence-corrected chi connectivity index (χ0v) is 18.3. The fourth-order valence-electron chi connectivity index (χ4n) is 5.40. The van der Waals surface area contributed by atoms with Crippen LogP contribution in [0.3, 0.4) is 0 Å². The lowest BCUT2D eigenvalue weighted by molar-refractivity contribution is 0.0311. The van der Waals surface area contributed by atoms with Gasteiger partial charge >= 0.3 is 0 Å². The van der Waals surface area contributed by atoms with Crippen molar-refractivity contribution in [2.75, 3.05) is 0 Å². The van der Waals surface area contributed by atoms with Gasteiger partial charge in [0.25, 0.3) is 5.91 Å². The maximum Gasteiger partial charge on any atom is 0.251 e. The van der Waals surface area contributed by atoms with E-state index in [0.717, 1.165) is 41.1 Å². The van der Waals surface area contributed by atoms with Gasteiger partial charge in [-0.2, -0.15) is 0 Å². The van der Waals surface area contributed by atoms with E-state index in [4.69, 9.17) is 0 Å². The van der Waals surface area contributed by atoms with E-state index >= 15 is 0 Å². The lowest BCUT2D eigenvalue weighted by atomic mass is 9.56. The first-order valence-electron chi connectivity index (χ1n) is 10.6. The Morgan fingerprint density at radius 1 is 1.07 bits per heavy atom. The number of fused-ring (bicyclic) bond motifs is 1. The number of pyridine rings is 1. The normalized spacial score (nSPS) is 25.8. The smallest absolute Gasteiger partial charge is 0.251 e. The topological polar surface area (TPSA) is 42.0 Å². The Labute approximate surface area is 184 Å². The van der Waals surface area contributed by atoms with E-state index in [0.29, 0.717) is 16.9 Å². The minimum atomic E-state index is -0.202. The summed E-state index contributed by atoms with van der Waals surface area (Å²) in [5.74, 6) is 0.271. The van der Waals surface area contributed by atoms with E-state index in [1.807, 2.05) is 30.5 Å². The molecule has 3 aromatic rings. The highest BCUT2D eigenvalue weighted by Gasteiger charge is 2.46. The van der Waals surface area contributed by atoms with E-state index in [1.165, 1.54) is 24.5 Å². The number of aromatic nitrogens is 1. The Morgan fingerprint density at radius 2 is 1.80 bits per heavy atom. The predicted molar refractivity (Wildman–Crippen MR) is 120 cm³/mol. The van der Waals surface area contributed by atoms with Crippen molar-refractivity contribution < 1.29 is 9.18 Å². The summed E-state index contributed by atoms with van der Waals surface area (Å²) in [7, 11) is 0. The lowest BCUT2D eigenvalue weighted by Crippen LogP contribution is -2.51. The molecule has 1 amide bonds. The summed E-state index contributed by atoms with van der Waals surface area (Å²) in [6, 6.07) is 14.7. The Balaban J connectivity index is 1.20. The molecule has 2 aliphatic carbocycles. The van der Waals surface area contributed by atoms with Crippen LogP contribution < -0.4 is 5.32 Å². The third kappa shape index (κ3) is 3.76. The zero-order valence-electron chi connectivity index (χ0n) is 16.7. The van der Waals surface area contributed by atoms with Crippen molar-refractivity contribution in [3.05, 3.63) is 76.1 Å². The summed E-state index contributed by atoms with van der Waals surface area (Å²) in [5, 5.41) is 4.14. The van der Waals surface area contributed by atoms with Gasteiger partial charge in [0.05, 0.1) is 5.52 Å². The number of hydrogen-bond donors (Lipinski definition) is 1. The second-order valence-electron chi connectivity index (χ2n) is 8.92. The van der Waals surface area contributed by atoms with E-state index in [9.17, 15) is 9.18 Å². The van der Waals surface area contributed by atoms with E-state index in [2.05, 4.69) is 32.3 Å². The molecule has 0 atom stereocenters. The number of carbonyl (C=O) groups is 1. The van der Waals surface area contributed by atoms with Crippen LogP contribution in [0.15, 0.2) is 59.2 Å². The van der Waals surface area contributed by atoms with E-state index in [1.54, 1.807) is 12.1 Å². The Morgan fingerprint density at radius 3 is 2.53 bits per heavy atom. The molecule has 0 saturated heterocycles. The number of benzene rings is 2. The van der Waals surface area contributed by atoms with Gasteiger partial charge in [0, 0.05) is 27.7 Å². The highest BCUT2D eigenvalue weighted by atomic mass is 79.9. The summed E-state index contributed by atoms with van der Waals surface area (Å²) < 4.78 is 14.8. The van der Waals surface area contributed by atoms with E-state index in [-0.39, 0.29) is 17.8 Å². The van der Waals surface area contributed by atoms with Crippen molar-refractivity contribution in [1.29, 1.82) is 0 Å². The monoisotopic (exact) mass is 466 g/mol. The summed E-state index contributed by atoms with van der Waals surface area (Å²) >= 11 is 3.40. The first kappa shape index (κ1) is 19.7. The standard InChI is InChI=1S/C25H24BrFN2O/c26-18-3-1-17(2-4-18)24(30)29-20-14-25(15-20)10-7-16(8-11-25)21-9-12-28-23-6-5-19(27)13-22(21)23/h1-6,9,12-13,16,20H,7-8,10-11,14-15H2,(H,29,30). The van der Waals surface area contributed by atoms with Crippen molar-refractivity contribution in [3.8, 4) is 0 Å². The number of hydrogen-bond acceptors (Lipinski definition) is 2. The number of halogens is 2. The second-order valence-corrected chi connectivity index (χ2v) is 9.84. The molecule has 2 saturated carbocycles. The van der Waals surface area contributed by atoms with Gasteiger partial charge in [0.1, 0.15) is 5.82 Å². The van der Waals surface area contributed by atoms with Crippen LogP contribution in [0.25, 0.3) is 10.9 Å². The molecular formula is C25H24BrFN2O. The van der Waals surface area contributed by atoms with Gasteiger partial charge in [-0.15, -0.1) is 0 Å². The fourth-order valence-corrected chi connectivity index (χ4v) is 5.67. The van der Waals surface area contributed by atoms with Crippen LogP contribution in [0.5, 0.6) is 0 Å². The molecule has 0 unspecified atom stereocenters. The van der Waals surface area contributed by atoms with Crippen LogP contribution in [-0.2, 0) is 0 Å². The zero-order chi connectivity index (χ0) is 20.7. The van der Waals surface area contributed by atoms with Crippen molar-refractivity contribution >= 4 is 32.7 Å². The van der Waals surface area contributed by atoms with Gasteiger partial charge in [-0.1, -0.05) is 15.9 Å². The van der Waals surface area contributed by atoms with Gasteiger partial charge in [-0.25, -0.2) is 4.39 Å². The Kier molecular flexibility index (Phi) is 5.10. The molecule has 0 radical (unpaired) electrons. The first-order valence-corrected chi connectivity index (χ1v) is 11.4. The SMILES string of the molecule is O=C(NC1CC2(CCC(c3ccnc4ccc(F)cc34)CC2)C1)c1ccc(Br)cc1. The van der Waals surface area contributed by atoms with Crippen LogP contribution in [0, 0.1) is 11.2 Å². The summed E-state index contributed by atoms with van der Waals surface area (Å²) in [6.45, 7) is 0. The molecule has 0 aliphatic heterocycles.